The Hall–Kier alpha value is -3.40. The number of hydrogen-bond donors (Lipinski definition) is 1. The van der Waals surface area contributed by atoms with E-state index in [9.17, 15) is 4.79 Å². The molecule has 2 aromatic heterocycles. The van der Waals surface area contributed by atoms with Crippen molar-refractivity contribution in [3.8, 4) is 11.3 Å². The maximum absolute atomic E-state index is 10.1. The Bertz CT molecular complexity index is 1280. The number of aromatic nitrogens is 2. The van der Waals surface area contributed by atoms with Gasteiger partial charge in [-0.3, -0.25) is 0 Å². The topological polar surface area (TPSA) is 63.1 Å². The van der Waals surface area contributed by atoms with Crippen molar-refractivity contribution in [2.75, 3.05) is 0 Å². The summed E-state index contributed by atoms with van der Waals surface area (Å²) in [7, 11) is 0. The molecule has 5 aromatic rings. The molecule has 0 fully saturated rings. The monoisotopic (exact) mass is 570 g/mol. The second kappa shape index (κ2) is 9.88. The number of rotatable bonds is 2. The van der Waals surface area contributed by atoms with Crippen molar-refractivity contribution in [2.24, 2.45) is 0 Å². The molecule has 0 aliphatic heterocycles. The number of carboxylic acids is 1. The van der Waals surface area contributed by atoms with Crippen LogP contribution in [0.4, 0.5) is 0 Å². The van der Waals surface area contributed by atoms with Crippen LogP contribution < -0.4 is 0 Å². The van der Waals surface area contributed by atoms with Crippen molar-refractivity contribution >= 4 is 27.5 Å². The van der Waals surface area contributed by atoms with Gasteiger partial charge in [0.05, 0.1) is 0 Å². The Balaban J connectivity index is 0.000000218. The van der Waals surface area contributed by atoms with Crippen molar-refractivity contribution in [3.63, 3.8) is 0 Å². The minimum Gasteiger partial charge on any atom is -0.477 e. The van der Waals surface area contributed by atoms with E-state index in [1.54, 1.807) is 12.1 Å². The van der Waals surface area contributed by atoms with Crippen LogP contribution in [-0.4, -0.2) is 21.0 Å². The molecule has 3 aromatic carbocycles. The van der Waals surface area contributed by atoms with Gasteiger partial charge in [-0.05, 0) is 39.4 Å². The molecule has 4 nitrogen and oxygen atoms in total. The van der Waals surface area contributed by atoms with E-state index in [1.165, 1.54) is 33.8 Å². The molecule has 0 spiro atoms. The molecule has 1 N–H and O–H groups in total. The number of aromatic carboxylic acids is 1. The number of carbonyl (C=O) groups is 1. The maximum Gasteiger partial charge on any atom is 0.354 e. The predicted octanol–water partition coefficient (Wildman–Crippen LogP) is 5.63. The van der Waals surface area contributed by atoms with Crippen molar-refractivity contribution in [1.29, 1.82) is 0 Å². The summed E-state index contributed by atoms with van der Waals surface area (Å²) in [5, 5.41) is 13.3. The molecular formula is C25H17IrN2O2-. The number of hydrogen-bond acceptors (Lipinski definition) is 3. The smallest absolute Gasteiger partial charge is 0.354 e. The second-order valence-electron chi connectivity index (χ2n) is 6.37. The molecule has 0 aliphatic rings. The molecule has 30 heavy (non-hydrogen) atoms. The van der Waals surface area contributed by atoms with Crippen molar-refractivity contribution in [2.45, 2.75) is 0 Å². The minimum absolute atomic E-state index is 0. The van der Waals surface area contributed by atoms with E-state index < -0.39 is 5.97 Å². The van der Waals surface area contributed by atoms with Crippen LogP contribution in [-0.2, 0) is 20.1 Å². The van der Waals surface area contributed by atoms with Crippen molar-refractivity contribution in [3.05, 3.63) is 109 Å². The number of fused-ring (bicyclic) bond motifs is 3. The molecule has 0 aliphatic carbocycles. The van der Waals surface area contributed by atoms with Gasteiger partial charge in [0.15, 0.2) is 0 Å². The van der Waals surface area contributed by atoms with Crippen molar-refractivity contribution < 1.29 is 30.0 Å². The summed E-state index contributed by atoms with van der Waals surface area (Å²) in [6, 6.07) is 30.8. The maximum atomic E-state index is 10.1. The van der Waals surface area contributed by atoms with Gasteiger partial charge in [0.25, 0.3) is 0 Å². The van der Waals surface area contributed by atoms with Gasteiger partial charge in [-0.1, -0.05) is 48.5 Å². The SMILES string of the molecule is O=C(O)c1ccccn1.[Ir].[c-]1ccccc1-c1cc2c(ccc3ccccc32)cn1. The summed E-state index contributed by atoms with van der Waals surface area (Å²) in [4.78, 5) is 18.3. The first-order valence-corrected chi connectivity index (χ1v) is 9.11. The van der Waals surface area contributed by atoms with Crippen molar-refractivity contribution in [1.82, 2.24) is 9.97 Å². The fraction of sp³-hybridized carbons (Fsp3) is 0. The largest absolute Gasteiger partial charge is 0.477 e. The van der Waals surface area contributed by atoms with E-state index in [-0.39, 0.29) is 25.8 Å². The van der Waals surface area contributed by atoms with E-state index in [2.05, 4.69) is 58.5 Å². The predicted molar refractivity (Wildman–Crippen MR) is 115 cm³/mol. The molecule has 0 saturated heterocycles. The zero-order valence-corrected chi connectivity index (χ0v) is 18.2. The van der Waals surface area contributed by atoms with Gasteiger partial charge >= 0.3 is 5.97 Å². The Kier molecular flexibility index (Phi) is 7.02. The van der Waals surface area contributed by atoms with Gasteiger partial charge in [-0.15, -0.1) is 35.9 Å². The summed E-state index contributed by atoms with van der Waals surface area (Å²) in [5.74, 6) is -0.990. The van der Waals surface area contributed by atoms with Crippen LogP contribution in [0.1, 0.15) is 10.5 Å². The summed E-state index contributed by atoms with van der Waals surface area (Å²) in [5.41, 5.74) is 2.08. The minimum atomic E-state index is -0.990. The number of nitrogens with zero attached hydrogens (tertiary/aromatic N) is 2. The van der Waals surface area contributed by atoms with E-state index in [4.69, 9.17) is 5.11 Å². The molecule has 0 bridgehead atoms. The van der Waals surface area contributed by atoms with Crippen LogP contribution in [0.3, 0.4) is 0 Å². The van der Waals surface area contributed by atoms with Gasteiger partial charge in [0.2, 0.25) is 0 Å². The molecule has 1 radical (unpaired) electrons. The molecule has 0 saturated carbocycles. The van der Waals surface area contributed by atoms with Gasteiger partial charge in [-0.25, -0.2) is 9.78 Å². The quantitative estimate of drug-likeness (QED) is 0.221. The summed E-state index contributed by atoms with van der Waals surface area (Å²) in [6.07, 6.45) is 3.39. The van der Waals surface area contributed by atoms with E-state index in [0.29, 0.717) is 0 Å². The Morgan fingerprint density at radius 1 is 0.800 bits per heavy atom. The van der Waals surface area contributed by atoms with Crippen LogP contribution in [0.5, 0.6) is 0 Å². The first-order chi connectivity index (χ1) is 14.2. The van der Waals surface area contributed by atoms with Crippen LogP contribution in [0.15, 0.2) is 97.3 Å². The average Bonchev–Trinajstić information content (AvgIpc) is 2.80. The van der Waals surface area contributed by atoms with Gasteiger partial charge in [0.1, 0.15) is 5.69 Å². The third-order valence-corrected chi connectivity index (χ3v) is 4.50. The Morgan fingerprint density at radius 2 is 1.57 bits per heavy atom. The third-order valence-electron chi connectivity index (χ3n) is 4.50. The average molecular weight is 570 g/mol. The zero-order chi connectivity index (χ0) is 20.1. The van der Waals surface area contributed by atoms with Gasteiger partial charge in [-0.2, -0.15) is 0 Å². The van der Waals surface area contributed by atoms with Gasteiger partial charge < -0.3 is 10.1 Å². The standard InChI is InChI=1S/C19H12N.C6H5NO2.Ir/c1-2-7-15(8-3-1)19-12-18-16(13-20-19)11-10-14-6-4-5-9-17(14)18;8-6(9)5-3-1-2-4-7-5;/h1-7,9-13H;1-4H,(H,8,9);/q-1;;. The molecule has 5 heteroatoms. The number of carboxylic acid groups (broad SMARTS) is 1. The molecular weight excluding hydrogens is 553 g/mol. The second-order valence-corrected chi connectivity index (χ2v) is 6.37. The molecule has 2 heterocycles. The Labute approximate surface area is 187 Å². The van der Waals surface area contributed by atoms with E-state index in [1.807, 2.05) is 30.5 Å². The van der Waals surface area contributed by atoms with Crippen LogP contribution in [0.2, 0.25) is 0 Å². The molecule has 0 unspecified atom stereocenters. The first kappa shape index (κ1) is 21.3. The van der Waals surface area contributed by atoms with Crippen LogP contribution >= 0.6 is 0 Å². The number of pyridine rings is 2. The zero-order valence-electron chi connectivity index (χ0n) is 15.8. The summed E-state index contributed by atoms with van der Waals surface area (Å²) >= 11 is 0. The number of benzene rings is 3. The summed E-state index contributed by atoms with van der Waals surface area (Å²) in [6.45, 7) is 0. The fourth-order valence-electron chi connectivity index (χ4n) is 3.09. The van der Waals surface area contributed by atoms with Gasteiger partial charge in [0, 0.05) is 32.5 Å². The van der Waals surface area contributed by atoms with E-state index in [0.717, 1.165) is 11.3 Å². The fourth-order valence-corrected chi connectivity index (χ4v) is 3.09. The van der Waals surface area contributed by atoms with Crippen LogP contribution in [0.25, 0.3) is 32.8 Å². The van der Waals surface area contributed by atoms with Crippen LogP contribution in [0, 0.1) is 6.07 Å². The molecule has 0 amide bonds. The third kappa shape index (κ3) is 4.77. The molecule has 5 rings (SSSR count). The molecule has 149 valence electrons. The first-order valence-electron chi connectivity index (χ1n) is 9.11. The normalized spacial score (nSPS) is 10.0. The Morgan fingerprint density at radius 3 is 2.27 bits per heavy atom. The summed E-state index contributed by atoms with van der Waals surface area (Å²) < 4.78 is 0. The molecule has 0 atom stereocenters. The van der Waals surface area contributed by atoms with E-state index >= 15 is 0 Å².